The molecule has 0 unspecified atom stereocenters. The molecule has 1 fully saturated rings. The number of hydrogen-bond donors (Lipinski definition) is 1. The number of ether oxygens (including phenoxy) is 2. The van der Waals surface area contributed by atoms with Crippen molar-refractivity contribution in [2.45, 2.75) is 57.5 Å². The molecule has 0 saturated carbocycles. The molecule has 1 aromatic heterocycles. The molecule has 1 amide bonds. The van der Waals surface area contributed by atoms with E-state index in [1.807, 2.05) is 24.3 Å². The van der Waals surface area contributed by atoms with Gasteiger partial charge in [-0.15, -0.1) is 24.5 Å². The molecule has 1 aliphatic heterocycles. The number of nitrogens with one attached hydrogen (secondary N) is 1. The maximum absolute atomic E-state index is 13.8. The van der Waals surface area contributed by atoms with Crippen LogP contribution in [0, 0.1) is 6.92 Å². The lowest BCUT2D eigenvalue weighted by Crippen LogP contribution is -2.60. The molecule has 1 N–H and O–H groups in total. The van der Waals surface area contributed by atoms with Crippen LogP contribution in [0.15, 0.2) is 59.5 Å². The SMILES string of the molecule is CCCc1ccc(CNC(=O)[C@H]2CN(c3cc(C)c(C(=O)C(=O)OCC)s3)CCN2S(=O)(=O)c2ccc(OC(F)(F)F)cc2)cc1. The fourth-order valence-corrected chi connectivity index (χ4v) is 7.68. The molecule has 0 aliphatic carbocycles. The number of hydrogen-bond acceptors (Lipinski definition) is 9. The van der Waals surface area contributed by atoms with Crippen LogP contribution in [0.5, 0.6) is 5.75 Å². The van der Waals surface area contributed by atoms with E-state index in [9.17, 15) is 36.0 Å². The number of piperazine rings is 1. The van der Waals surface area contributed by atoms with Gasteiger partial charge in [0, 0.05) is 26.2 Å². The second kappa shape index (κ2) is 14.6. The van der Waals surface area contributed by atoms with Crippen molar-refractivity contribution in [2.24, 2.45) is 0 Å². The van der Waals surface area contributed by atoms with Crippen LogP contribution in [0.1, 0.15) is 46.6 Å². The molecule has 248 valence electrons. The molecule has 0 spiro atoms. The van der Waals surface area contributed by atoms with Gasteiger partial charge in [0.25, 0.3) is 5.78 Å². The zero-order valence-corrected chi connectivity index (χ0v) is 27.1. The summed E-state index contributed by atoms with van der Waals surface area (Å²) >= 11 is 1.04. The highest BCUT2D eigenvalue weighted by molar-refractivity contribution is 7.89. The number of benzene rings is 2. The number of rotatable bonds is 12. The maximum Gasteiger partial charge on any atom is 0.573 e. The number of ketones is 1. The Morgan fingerprint density at radius 2 is 1.65 bits per heavy atom. The van der Waals surface area contributed by atoms with Gasteiger partial charge in [0.1, 0.15) is 11.8 Å². The van der Waals surface area contributed by atoms with Crippen LogP contribution < -0.4 is 15.0 Å². The van der Waals surface area contributed by atoms with Gasteiger partial charge in [-0.2, -0.15) is 4.31 Å². The minimum absolute atomic E-state index is 0.0377. The number of aryl methyl sites for hydroxylation is 2. The zero-order valence-electron chi connectivity index (χ0n) is 25.4. The van der Waals surface area contributed by atoms with Gasteiger partial charge in [0.05, 0.1) is 21.4 Å². The second-order valence-electron chi connectivity index (χ2n) is 10.5. The molecule has 3 aromatic rings. The molecule has 46 heavy (non-hydrogen) atoms. The lowest BCUT2D eigenvalue weighted by molar-refractivity contribution is -0.274. The van der Waals surface area contributed by atoms with E-state index in [1.165, 1.54) is 0 Å². The number of esters is 1. The first-order valence-corrected chi connectivity index (χ1v) is 16.8. The number of nitrogens with zero attached hydrogens (tertiary/aromatic N) is 2. The molecular formula is C31H34F3N3O7S2. The minimum Gasteiger partial charge on any atom is -0.460 e. The van der Waals surface area contributed by atoms with Crippen LogP contribution in [-0.2, 0) is 37.3 Å². The summed E-state index contributed by atoms with van der Waals surface area (Å²) in [5.41, 5.74) is 2.49. The van der Waals surface area contributed by atoms with Gasteiger partial charge in [-0.3, -0.25) is 9.59 Å². The first kappa shape index (κ1) is 34.9. The number of carbonyl (C=O) groups excluding carboxylic acids is 3. The molecule has 2 heterocycles. The standard InChI is InChI=1S/C31H34F3N3O7S2/c1-4-6-21-7-9-22(10-8-21)18-35-29(39)25-19-36(26-17-20(3)28(45-26)27(38)30(40)43-5-2)15-16-37(25)46(41,42)24-13-11-23(12-14-24)44-31(32,33)34/h7-14,17,25H,4-6,15-16,18-19H2,1-3H3,(H,35,39)/t25-/m1/s1. The quantitative estimate of drug-likeness (QED) is 0.164. The zero-order chi connectivity index (χ0) is 33.6. The minimum atomic E-state index is -4.95. The molecule has 2 aromatic carbocycles. The van der Waals surface area contributed by atoms with E-state index in [-0.39, 0.29) is 42.6 Å². The van der Waals surface area contributed by atoms with Gasteiger partial charge in [0.15, 0.2) is 0 Å². The Hall–Kier alpha value is -3.95. The van der Waals surface area contributed by atoms with Crippen molar-refractivity contribution >= 4 is 44.0 Å². The van der Waals surface area contributed by atoms with Gasteiger partial charge >= 0.3 is 12.3 Å². The van der Waals surface area contributed by atoms with Crippen LogP contribution in [0.2, 0.25) is 0 Å². The van der Waals surface area contributed by atoms with E-state index in [0.717, 1.165) is 63.9 Å². The monoisotopic (exact) mass is 681 g/mol. The Morgan fingerprint density at radius 1 is 1.00 bits per heavy atom. The lowest BCUT2D eigenvalue weighted by Gasteiger charge is -2.40. The summed E-state index contributed by atoms with van der Waals surface area (Å²) < 4.78 is 75.2. The van der Waals surface area contributed by atoms with E-state index < -0.39 is 45.8 Å². The Balaban J connectivity index is 1.60. The number of anilines is 1. The predicted molar refractivity (Wildman–Crippen MR) is 165 cm³/mol. The molecule has 0 bridgehead atoms. The van der Waals surface area contributed by atoms with E-state index in [1.54, 1.807) is 24.8 Å². The van der Waals surface area contributed by atoms with Crippen LogP contribution in [0.4, 0.5) is 18.2 Å². The van der Waals surface area contributed by atoms with Gasteiger partial charge in [-0.1, -0.05) is 37.6 Å². The first-order chi connectivity index (χ1) is 21.7. The summed E-state index contributed by atoms with van der Waals surface area (Å²) in [6, 6.07) is 11.9. The van der Waals surface area contributed by atoms with Gasteiger partial charge in [0.2, 0.25) is 15.9 Å². The molecule has 1 aliphatic rings. The number of amides is 1. The lowest BCUT2D eigenvalue weighted by atomic mass is 10.1. The number of thiophene rings is 1. The third kappa shape index (κ3) is 8.44. The van der Waals surface area contributed by atoms with E-state index in [2.05, 4.69) is 17.0 Å². The maximum atomic E-state index is 13.8. The Morgan fingerprint density at radius 3 is 2.26 bits per heavy atom. The molecule has 10 nitrogen and oxygen atoms in total. The van der Waals surface area contributed by atoms with Crippen molar-refractivity contribution in [3.63, 3.8) is 0 Å². The number of carbonyl (C=O) groups is 3. The number of sulfonamides is 1. The van der Waals surface area contributed by atoms with Gasteiger partial charge < -0.3 is 19.7 Å². The molecular weight excluding hydrogens is 647 g/mol. The van der Waals surface area contributed by atoms with Crippen LogP contribution in [0.25, 0.3) is 0 Å². The summed E-state index contributed by atoms with van der Waals surface area (Å²) in [5.74, 6) is -2.95. The van der Waals surface area contributed by atoms with E-state index >= 15 is 0 Å². The molecule has 1 atom stereocenters. The summed E-state index contributed by atoms with van der Waals surface area (Å²) in [7, 11) is -4.35. The summed E-state index contributed by atoms with van der Waals surface area (Å²) in [4.78, 5) is 40.0. The van der Waals surface area contributed by atoms with Crippen molar-refractivity contribution in [3.05, 3.63) is 76.2 Å². The predicted octanol–water partition coefficient (Wildman–Crippen LogP) is 4.85. The van der Waals surface area contributed by atoms with Crippen molar-refractivity contribution < 1.29 is 45.4 Å². The van der Waals surface area contributed by atoms with Crippen molar-refractivity contribution in [3.8, 4) is 5.75 Å². The normalized spacial score (nSPS) is 15.8. The topological polar surface area (TPSA) is 122 Å². The molecule has 15 heteroatoms. The largest absolute Gasteiger partial charge is 0.573 e. The summed E-state index contributed by atoms with van der Waals surface area (Å²) in [5, 5.41) is 3.37. The highest BCUT2D eigenvalue weighted by atomic mass is 32.2. The number of halogens is 3. The third-order valence-electron chi connectivity index (χ3n) is 7.21. The second-order valence-corrected chi connectivity index (χ2v) is 13.4. The number of alkyl halides is 3. The van der Waals surface area contributed by atoms with E-state index in [4.69, 9.17) is 4.74 Å². The van der Waals surface area contributed by atoms with Crippen LogP contribution in [0.3, 0.4) is 0 Å². The fraction of sp³-hybridized carbons (Fsp3) is 0.387. The average Bonchev–Trinajstić information content (AvgIpc) is 3.41. The molecule has 4 rings (SSSR count). The Labute approximate surface area is 269 Å². The van der Waals surface area contributed by atoms with Gasteiger partial charge in [-0.05, 0) is 67.3 Å². The van der Waals surface area contributed by atoms with Crippen molar-refractivity contribution in [1.29, 1.82) is 0 Å². The first-order valence-electron chi connectivity index (χ1n) is 14.5. The highest BCUT2D eigenvalue weighted by Crippen LogP contribution is 2.34. The van der Waals surface area contributed by atoms with E-state index in [0.29, 0.717) is 10.6 Å². The van der Waals surface area contributed by atoms with Gasteiger partial charge in [-0.25, -0.2) is 13.2 Å². The Bertz CT molecular complexity index is 1660. The smallest absolute Gasteiger partial charge is 0.460 e. The molecule has 1 saturated heterocycles. The van der Waals surface area contributed by atoms with Crippen LogP contribution >= 0.6 is 11.3 Å². The fourth-order valence-electron chi connectivity index (χ4n) is 4.97. The average molecular weight is 682 g/mol. The summed E-state index contributed by atoms with van der Waals surface area (Å²) in [6.07, 6.45) is -3.05. The van der Waals surface area contributed by atoms with Crippen molar-refractivity contribution in [2.75, 3.05) is 31.1 Å². The highest BCUT2D eigenvalue weighted by Gasteiger charge is 2.41. The number of Topliss-reactive ketones (excluding diaryl/α,β-unsaturated/α-hetero) is 1. The van der Waals surface area contributed by atoms with Crippen LogP contribution in [-0.4, -0.2) is 69.0 Å². The summed E-state index contributed by atoms with van der Waals surface area (Å²) in [6.45, 7) is 5.38. The Kier molecular flexibility index (Phi) is 11.1. The third-order valence-corrected chi connectivity index (χ3v) is 10.4. The molecule has 0 radical (unpaired) electrons. The van der Waals surface area contributed by atoms with Crippen molar-refractivity contribution in [1.82, 2.24) is 9.62 Å².